The molecule has 4 nitrogen and oxygen atoms in total. The molecule has 0 fully saturated rings. The topological polar surface area (TPSA) is 52.9 Å². The molecule has 2 aromatic rings. The Morgan fingerprint density at radius 2 is 1.88 bits per heavy atom. The van der Waals surface area contributed by atoms with Crippen molar-refractivity contribution in [2.45, 2.75) is 18.3 Å². The molecule has 1 N–H and O–H groups in total. The quantitative estimate of drug-likeness (QED) is 0.731. The Hall–Kier alpha value is -1.90. The molecule has 26 heavy (non-hydrogen) atoms. The number of rotatable bonds is 2. The second-order valence-electron chi connectivity index (χ2n) is 5.67. The minimum atomic E-state index is -5.09. The monoisotopic (exact) mass is 446 g/mol. The van der Waals surface area contributed by atoms with E-state index in [1.165, 1.54) is 24.3 Å². The minimum absolute atomic E-state index is 0.0477. The molecule has 0 spiro atoms. The number of nitrogens with zero attached hydrogens (tertiary/aromatic N) is 2. The zero-order valence-corrected chi connectivity index (χ0v) is 15.3. The van der Waals surface area contributed by atoms with Crippen molar-refractivity contribution in [2.75, 3.05) is 0 Å². The first-order chi connectivity index (χ1) is 12.1. The second kappa shape index (κ2) is 6.68. The third kappa shape index (κ3) is 3.36. The van der Waals surface area contributed by atoms with Gasteiger partial charge in [0.1, 0.15) is 0 Å². The first-order valence-corrected chi connectivity index (χ1v) is 8.51. The van der Waals surface area contributed by atoms with Gasteiger partial charge in [-0.3, -0.25) is 4.79 Å². The molecular formula is C17H11BrClF3N2O2. The lowest BCUT2D eigenvalue weighted by Crippen LogP contribution is -2.56. The number of benzene rings is 2. The van der Waals surface area contributed by atoms with Gasteiger partial charge in [0.2, 0.25) is 0 Å². The summed E-state index contributed by atoms with van der Waals surface area (Å²) in [5.74, 6) is -1.08. The molecule has 9 heteroatoms. The maximum atomic E-state index is 13.6. The van der Waals surface area contributed by atoms with Crippen LogP contribution in [0.3, 0.4) is 0 Å². The van der Waals surface area contributed by atoms with Crippen molar-refractivity contribution in [3.8, 4) is 0 Å². The highest BCUT2D eigenvalue weighted by molar-refractivity contribution is 9.10. The SMILES string of the molecule is O=C(c1ccc(Cl)cc1)N1N=C(c2cccc(Br)c2)CC1(O)C(F)(F)F. The minimum Gasteiger partial charge on any atom is -0.362 e. The van der Waals surface area contributed by atoms with Crippen molar-refractivity contribution in [1.82, 2.24) is 5.01 Å². The lowest BCUT2D eigenvalue weighted by atomic mass is 10.0. The van der Waals surface area contributed by atoms with Gasteiger partial charge in [0.25, 0.3) is 11.6 Å². The number of hydrazone groups is 1. The van der Waals surface area contributed by atoms with Crippen molar-refractivity contribution < 1.29 is 23.1 Å². The van der Waals surface area contributed by atoms with Crippen LogP contribution in [0.4, 0.5) is 13.2 Å². The van der Waals surface area contributed by atoms with Crippen molar-refractivity contribution in [3.05, 3.63) is 69.2 Å². The Morgan fingerprint density at radius 3 is 2.46 bits per heavy atom. The summed E-state index contributed by atoms with van der Waals surface area (Å²) < 4.78 is 41.3. The molecule has 2 aromatic carbocycles. The van der Waals surface area contributed by atoms with Gasteiger partial charge >= 0.3 is 6.18 Å². The molecule has 136 valence electrons. The third-order valence-electron chi connectivity index (χ3n) is 3.88. The number of carbonyl (C=O) groups excluding carboxylic acids is 1. The first-order valence-electron chi connectivity index (χ1n) is 7.34. The molecule has 0 bridgehead atoms. The smallest absolute Gasteiger partial charge is 0.362 e. The molecule has 0 saturated heterocycles. The summed E-state index contributed by atoms with van der Waals surface area (Å²) >= 11 is 8.97. The standard InChI is InChI=1S/C17H11BrClF3N2O2/c18-12-3-1-2-11(8-12)14-9-16(26,17(20,21)22)24(23-14)15(25)10-4-6-13(19)7-5-10/h1-8,26H,9H2. The molecule has 1 unspecified atom stereocenters. The summed E-state index contributed by atoms with van der Waals surface area (Å²) in [6, 6.07) is 11.7. The molecule has 3 rings (SSSR count). The molecule has 1 heterocycles. The van der Waals surface area contributed by atoms with E-state index in [-0.39, 0.29) is 16.3 Å². The van der Waals surface area contributed by atoms with Crippen molar-refractivity contribution in [1.29, 1.82) is 0 Å². The molecule has 0 aromatic heterocycles. The van der Waals surface area contributed by atoms with E-state index in [9.17, 15) is 23.1 Å². The summed E-state index contributed by atoms with van der Waals surface area (Å²) in [6.45, 7) is 0. The van der Waals surface area contributed by atoms with E-state index in [1.807, 2.05) is 0 Å². The predicted octanol–water partition coefficient (Wildman–Crippen LogP) is 4.60. The lowest BCUT2D eigenvalue weighted by Gasteiger charge is -2.32. The molecule has 1 amide bonds. The van der Waals surface area contributed by atoms with Crippen LogP contribution in [-0.2, 0) is 0 Å². The Bertz CT molecular complexity index is 886. The van der Waals surface area contributed by atoms with Crippen LogP contribution in [0.15, 0.2) is 58.1 Å². The van der Waals surface area contributed by atoms with Gasteiger partial charge in [0.05, 0.1) is 12.1 Å². The van der Waals surface area contributed by atoms with Crippen LogP contribution < -0.4 is 0 Å². The Labute approximate surface area is 160 Å². The Balaban J connectivity index is 2.05. The van der Waals surface area contributed by atoms with Crippen LogP contribution in [0.25, 0.3) is 0 Å². The maximum Gasteiger partial charge on any atom is 0.438 e. The number of hydrogen-bond donors (Lipinski definition) is 1. The van der Waals surface area contributed by atoms with Crippen LogP contribution in [0.2, 0.25) is 5.02 Å². The highest BCUT2D eigenvalue weighted by atomic mass is 79.9. The Morgan fingerprint density at radius 1 is 1.23 bits per heavy atom. The van der Waals surface area contributed by atoms with E-state index in [0.29, 0.717) is 15.1 Å². The third-order valence-corrected chi connectivity index (χ3v) is 4.63. The maximum absolute atomic E-state index is 13.6. The molecular weight excluding hydrogens is 437 g/mol. The molecule has 0 saturated carbocycles. The molecule has 0 aliphatic carbocycles. The molecule has 1 atom stereocenters. The highest BCUT2D eigenvalue weighted by Gasteiger charge is 2.63. The number of aliphatic hydroxyl groups is 1. The van der Waals surface area contributed by atoms with Gasteiger partial charge in [-0.05, 0) is 42.0 Å². The van der Waals surface area contributed by atoms with Crippen molar-refractivity contribution >= 4 is 39.1 Å². The lowest BCUT2D eigenvalue weighted by molar-refractivity contribution is -0.297. The van der Waals surface area contributed by atoms with Gasteiger partial charge in [-0.2, -0.15) is 23.3 Å². The molecule has 1 aliphatic heterocycles. The van der Waals surface area contributed by atoms with Crippen molar-refractivity contribution in [3.63, 3.8) is 0 Å². The van der Waals surface area contributed by atoms with E-state index >= 15 is 0 Å². The largest absolute Gasteiger partial charge is 0.438 e. The van der Waals surface area contributed by atoms with Gasteiger partial charge in [0, 0.05) is 15.1 Å². The fraction of sp³-hybridized carbons (Fsp3) is 0.176. The Kier molecular flexibility index (Phi) is 4.85. The van der Waals surface area contributed by atoms with E-state index in [4.69, 9.17) is 11.6 Å². The van der Waals surface area contributed by atoms with Gasteiger partial charge in [-0.15, -0.1) is 0 Å². The van der Waals surface area contributed by atoms with Gasteiger partial charge in [-0.1, -0.05) is 39.7 Å². The summed E-state index contributed by atoms with van der Waals surface area (Å²) in [7, 11) is 0. The van der Waals surface area contributed by atoms with Gasteiger partial charge in [0.15, 0.2) is 0 Å². The zero-order chi connectivity index (χ0) is 19.1. The van der Waals surface area contributed by atoms with Crippen LogP contribution in [-0.4, -0.2) is 33.6 Å². The van der Waals surface area contributed by atoms with Gasteiger partial charge < -0.3 is 5.11 Å². The van der Waals surface area contributed by atoms with Crippen LogP contribution in [0.1, 0.15) is 22.3 Å². The zero-order valence-electron chi connectivity index (χ0n) is 13.0. The fourth-order valence-electron chi connectivity index (χ4n) is 2.52. The van der Waals surface area contributed by atoms with Crippen LogP contribution in [0.5, 0.6) is 0 Å². The van der Waals surface area contributed by atoms with Crippen LogP contribution in [0, 0.1) is 0 Å². The van der Waals surface area contributed by atoms with Crippen molar-refractivity contribution in [2.24, 2.45) is 5.10 Å². The van der Waals surface area contributed by atoms with E-state index in [2.05, 4.69) is 21.0 Å². The fourth-order valence-corrected chi connectivity index (χ4v) is 3.05. The normalized spacial score (nSPS) is 20.2. The first kappa shape index (κ1) is 18.9. The predicted molar refractivity (Wildman–Crippen MR) is 93.9 cm³/mol. The second-order valence-corrected chi connectivity index (χ2v) is 7.02. The van der Waals surface area contributed by atoms with Crippen LogP contribution >= 0.6 is 27.5 Å². The molecule has 1 aliphatic rings. The number of carbonyl (C=O) groups is 1. The number of amides is 1. The number of halogens is 5. The average Bonchev–Trinajstić information content (AvgIpc) is 2.94. The number of alkyl halides is 3. The summed E-state index contributed by atoms with van der Waals surface area (Å²) in [4.78, 5) is 12.6. The highest BCUT2D eigenvalue weighted by Crippen LogP contribution is 2.42. The van der Waals surface area contributed by atoms with Gasteiger partial charge in [-0.25, -0.2) is 0 Å². The summed E-state index contributed by atoms with van der Waals surface area (Å²) in [5, 5.41) is 14.5. The number of hydrogen-bond acceptors (Lipinski definition) is 3. The summed E-state index contributed by atoms with van der Waals surface area (Å²) in [5.41, 5.74) is -3.18. The van der Waals surface area contributed by atoms with E-state index in [1.54, 1.807) is 24.3 Å². The van der Waals surface area contributed by atoms with E-state index in [0.717, 1.165) is 0 Å². The van der Waals surface area contributed by atoms with E-state index < -0.39 is 24.2 Å². The molecule has 0 radical (unpaired) electrons. The average molecular weight is 448 g/mol. The summed E-state index contributed by atoms with van der Waals surface area (Å²) in [6.07, 6.45) is -5.96.